The number of allylic oxidation sites excluding steroid dienone is 1. The quantitative estimate of drug-likeness (QED) is 0.595. The van der Waals surface area contributed by atoms with Crippen molar-refractivity contribution in [1.82, 2.24) is 0 Å². The van der Waals surface area contributed by atoms with E-state index in [0.717, 1.165) is 36.4 Å². The Balaban J connectivity index is 2.95. The molecule has 1 aromatic carbocycles. The molecule has 0 aliphatic rings. The van der Waals surface area contributed by atoms with Crippen LogP contribution in [-0.2, 0) is 0 Å². The molecule has 1 rings (SSSR count). The Kier molecular flexibility index (Phi) is 5.72. The largest absolute Gasteiger partial charge is 0.496 e. The fourth-order valence-electron chi connectivity index (χ4n) is 2.09. The van der Waals surface area contributed by atoms with Gasteiger partial charge in [-0.25, -0.2) is 0 Å². The number of ether oxygens (including phenoxy) is 1. The highest BCUT2D eigenvalue weighted by atomic mass is 16.5. The van der Waals surface area contributed by atoms with Gasteiger partial charge in [0.2, 0.25) is 0 Å². The van der Waals surface area contributed by atoms with E-state index in [0.29, 0.717) is 0 Å². The van der Waals surface area contributed by atoms with Crippen molar-refractivity contribution in [3.05, 3.63) is 36.4 Å². The van der Waals surface area contributed by atoms with Crippen LogP contribution in [0, 0.1) is 0 Å². The van der Waals surface area contributed by atoms with Crippen molar-refractivity contribution in [3.8, 4) is 5.75 Å². The minimum absolute atomic E-state index is 0.0435. The second-order valence-electron chi connectivity index (χ2n) is 4.53. The number of unbranched alkanes of at least 4 members (excludes halogenated alkanes) is 1. The highest BCUT2D eigenvalue weighted by molar-refractivity contribution is 5.60. The number of hydrogen-bond acceptors (Lipinski definition) is 3. The van der Waals surface area contributed by atoms with Gasteiger partial charge in [0.15, 0.2) is 0 Å². The Bertz CT molecular complexity index is 388. The van der Waals surface area contributed by atoms with Gasteiger partial charge in [-0.05, 0) is 31.9 Å². The Morgan fingerprint density at radius 2 is 2.22 bits per heavy atom. The van der Waals surface area contributed by atoms with Gasteiger partial charge in [0, 0.05) is 30.9 Å². The van der Waals surface area contributed by atoms with E-state index < -0.39 is 0 Å². The smallest absolute Gasteiger partial charge is 0.125 e. The fraction of sp³-hybridized carbons (Fsp3) is 0.467. The SMILES string of the molecule is C=CCCCN(C)c1cccc(OC)c1[C@@H](C)N. The third-order valence-electron chi connectivity index (χ3n) is 3.03. The van der Waals surface area contributed by atoms with Crippen molar-refractivity contribution in [1.29, 1.82) is 0 Å². The molecule has 100 valence electrons. The average molecular weight is 248 g/mol. The summed E-state index contributed by atoms with van der Waals surface area (Å²) >= 11 is 0. The van der Waals surface area contributed by atoms with Gasteiger partial charge in [-0.3, -0.25) is 0 Å². The van der Waals surface area contributed by atoms with Gasteiger partial charge in [0.1, 0.15) is 5.75 Å². The van der Waals surface area contributed by atoms with E-state index in [1.54, 1.807) is 7.11 Å². The first-order valence-corrected chi connectivity index (χ1v) is 6.36. The molecule has 3 nitrogen and oxygen atoms in total. The lowest BCUT2D eigenvalue weighted by Gasteiger charge is -2.25. The van der Waals surface area contributed by atoms with Crippen LogP contribution in [0.2, 0.25) is 0 Å². The number of anilines is 1. The second-order valence-corrected chi connectivity index (χ2v) is 4.53. The molecule has 0 spiro atoms. The van der Waals surface area contributed by atoms with Gasteiger partial charge in [0.25, 0.3) is 0 Å². The first kappa shape index (κ1) is 14.6. The summed E-state index contributed by atoms with van der Waals surface area (Å²) in [6.45, 7) is 6.72. The summed E-state index contributed by atoms with van der Waals surface area (Å²) in [7, 11) is 3.77. The zero-order valence-corrected chi connectivity index (χ0v) is 11.6. The van der Waals surface area contributed by atoms with E-state index in [1.807, 2.05) is 25.1 Å². The van der Waals surface area contributed by atoms with E-state index >= 15 is 0 Å². The van der Waals surface area contributed by atoms with Crippen molar-refractivity contribution in [2.75, 3.05) is 25.6 Å². The maximum absolute atomic E-state index is 6.06. The fourth-order valence-corrected chi connectivity index (χ4v) is 2.09. The molecule has 0 aliphatic carbocycles. The zero-order chi connectivity index (χ0) is 13.5. The van der Waals surface area contributed by atoms with Crippen LogP contribution in [0.25, 0.3) is 0 Å². The van der Waals surface area contributed by atoms with Crippen LogP contribution in [0.1, 0.15) is 31.4 Å². The molecule has 0 saturated heterocycles. The van der Waals surface area contributed by atoms with Crippen molar-refractivity contribution >= 4 is 5.69 Å². The monoisotopic (exact) mass is 248 g/mol. The van der Waals surface area contributed by atoms with Gasteiger partial charge >= 0.3 is 0 Å². The number of rotatable bonds is 7. The number of nitrogens with zero attached hydrogens (tertiary/aromatic N) is 1. The Morgan fingerprint density at radius 1 is 1.50 bits per heavy atom. The highest BCUT2D eigenvalue weighted by Crippen LogP contribution is 2.33. The third kappa shape index (κ3) is 3.50. The van der Waals surface area contributed by atoms with Crippen molar-refractivity contribution in [2.24, 2.45) is 5.73 Å². The molecule has 3 heteroatoms. The number of hydrogen-bond donors (Lipinski definition) is 1. The molecule has 1 atom stereocenters. The third-order valence-corrected chi connectivity index (χ3v) is 3.03. The lowest BCUT2D eigenvalue weighted by atomic mass is 10.0. The van der Waals surface area contributed by atoms with E-state index in [2.05, 4.69) is 24.6 Å². The van der Waals surface area contributed by atoms with Crippen LogP contribution in [0.4, 0.5) is 5.69 Å². The van der Waals surface area contributed by atoms with Crippen LogP contribution >= 0.6 is 0 Å². The summed E-state index contributed by atoms with van der Waals surface area (Å²) in [6.07, 6.45) is 4.07. The van der Waals surface area contributed by atoms with Crippen LogP contribution in [-0.4, -0.2) is 20.7 Å². The molecule has 0 heterocycles. The normalized spacial score (nSPS) is 12.0. The standard InChI is InChI=1S/C15H24N2O/c1-5-6-7-11-17(3)13-9-8-10-14(18-4)15(13)12(2)16/h5,8-10,12H,1,6-7,11,16H2,2-4H3/t12-/m1/s1. The van der Waals surface area contributed by atoms with E-state index in [1.165, 1.54) is 0 Å². The minimum Gasteiger partial charge on any atom is -0.496 e. The molecule has 2 N–H and O–H groups in total. The molecule has 0 fully saturated rings. The van der Waals surface area contributed by atoms with Crippen LogP contribution in [0.3, 0.4) is 0 Å². The molecule has 0 saturated carbocycles. The Hall–Kier alpha value is -1.48. The summed E-state index contributed by atoms with van der Waals surface area (Å²) in [6, 6.07) is 6.01. The Morgan fingerprint density at radius 3 is 2.78 bits per heavy atom. The lowest BCUT2D eigenvalue weighted by molar-refractivity contribution is 0.407. The minimum atomic E-state index is -0.0435. The first-order chi connectivity index (χ1) is 8.61. The topological polar surface area (TPSA) is 38.5 Å². The van der Waals surface area contributed by atoms with Gasteiger partial charge in [-0.1, -0.05) is 12.1 Å². The summed E-state index contributed by atoms with van der Waals surface area (Å²) in [4.78, 5) is 2.23. The predicted octanol–water partition coefficient (Wildman–Crippen LogP) is 3.12. The number of benzene rings is 1. The maximum Gasteiger partial charge on any atom is 0.125 e. The van der Waals surface area contributed by atoms with Crippen LogP contribution < -0.4 is 15.4 Å². The van der Waals surface area contributed by atoms with Gasteiger partial charge in [0.05, 0.1) is 7.11 Å². The molecule has 0 amide bonds. The molecule has 0 aromatic heterocycles. The number of nitrogens with two attached hydrogens (primary N) is 1. The van der Waals surface area contributed by atoms with Crippen LogP contribution in [0.5, 0.6) is 5.75 Å². The lowest BCUT2D eigenvalue weighted by Crippen LogP contribution is -2.22. The van der Waals surface area contributed by atoms with E-state index in [9.17, 15) is 0 Å². The predicted molar refractivity (Wildman–Crippen MR) is 78.3 cm³/mol. The summed E-state index contributed by atoms with van der Waals surface area (Å²) in [5.74, 6) is 0.859. The zero-order valence-electron chi connectivity index (χ0n) is 11.6. The molecular formula is C15H24N2O. The maximum atomic E-state index is 6.06. The summed E-state index contributed by atoms with van der Waals surface area (Å²) in [5.41, 5.74) is 8.28. The highest BCUT2D eigenvalue weighted by Gasteiger charge is 2.15. The number of methoxy groups -OCH3 is 1. The van der Waals surface area contributed by atoms with Gasteiger partial charge in [-0.2, -0.15) is 0 Å². The van der Waals surface area contributed by atoms with E-state index in [-0.39, 0.29) is 6.04 Å². The second kappa shape index (κ2) is 7.07. The van der Waals surface area contributed by atoms with Gasteiger partial charge in [-0.15, -0.1) is 6.58 Å². The molecule has 0 aliphatic heterocycles. The molecule has 0 radical (unpaired) electrons. The molecule has 1 aromatic rings. The molecule has 18 heavy (non-hydrogen) atoms. The average Bonchev–Trinajstić information content (AvgIpc) is 2.37. The summed E-state index contributed by atoms with van der Waals surface area (Å²) in [5, 5.41) is 0. The molecule has 0 unspecified atom stereocenters. The van der Waals surface area contributed by atoms with E-state index in [4.69, 9.17) is 10.5 Å². The van der Waals surface area contributed by atoms with Crippen molar-refractivity contribution < 1.29 is 4.74 Å². The van der Waals surface area contributed by atoms with Crippen molar-refractivity contribution in [3.63, 3.8) is 0 Å². The van der Waals surface area contributed by atoms with Crippen LogP contribution in [0.15, 0.2) is 30.9 Å². The summed E-state index contributed by atoms with van der Waals surface area (Å²) < 4.78 is 5.40. The van der Waals surface area contributed by atoms with Crippen molar-refractivity contribution in [2.45, 2.75) is 25.8 Å². The first-order valence-electron chi connectivity index (χ1n) is 6.36. The Labute approximate surface area is 110 Å². The molecule has 0 bridgehead atoms. The molecular weight excluding hydrogens is 224 g/mol. The van der Waals surface area contributed by atoms with Gasteiger partial charge < -0.3 is 15.4 Å².